The van der Waals surface area contributed by atoms with Crippen molar-refractivity contribution in [3.05, 3.63) is 40.8 Å². The average molecular weight is 286 g/mol. The Labute approximate surface area is 121 Å². The minimum Gasteiger partial charge on any atom is -0.423 e. The van der Waals surface area contributed by atoms with E-state index in [1.54, 1.807) is 26.0 Å². The molecule has 0 saturated carbocycles. The maximum atomic E-state index is 12.1. The van der Waals surface area contributed by atoms with Crippen molar-refractivity contribution < 1.29 is 18.8 Å². The summed E-state index contributed by atoms with van der Waals surface area (Å²) in [6.45, 7) is 3.34. The predicted molar refractivity (Wildman–Crippen MR) is 74.3 cm³/mol. The number of esters is 1. The molecule has 0 aliphatic carbocycles. The highest BCUT2D eigenvalue weighted by Crippen LogP contribution is 2.28. The lowest BCUT2D eigenvalue weighted by molar-refractivity contribution is -0.116. The van der Waals surface area contributed by atoms with E-state index in [9.17, 15) is 9.59 Å². The normalized spacial score (nSPS) is 13.5. The molecule has 1 N–H and O–H groups in total. The van der Waals surface area contributed by atoms with Crippen LogP contribution in [-0.4, -0.2) is 17.0 Å². The van der Waals surface area contributed by atoms with Gasteiger partial charge in [-0.15, -0.1) is 0 Å². The van der Waals surface area contributed by atoms with Crippen LogP contribution in [0.1, 0.15) is 33.8 Å². The molecule has 6 heteroatoms. The average Bonchev–Trinajstić information content (AvgIpc) is 2.77. The quantitative estimate of drug-likeness (QED) is 0.677. The SMILES string of the molecule is Cc1noc(C)c1C(=O)Oc1ccc2c(c1)NC(=O)CC2. The number of ether oxygens (including phenoxy) is 1. The van der Waals surface area contributed by atoms with Crippen LogP contribution in [0.15, 0.2) is 22.7 Å². The molecule has 0 saturated heterocycles. The lowest BCUT2D eigenvalue weighted by Crippen LogP contribution is -2.19. The Balaban J connectivity index is 1.84. The molecular formula is C15H14N2O4. The van der Waals surface area contributed by atoms with E-state index in [4.69, 9.17) is 9.26 Å². The largest absolute Gasteiger partial charge is 0.423 e. The molecule has 1 aliphatic heterocycles. The Bertz CT molecular complexity index is 714. The Kier molecular flexibility index (Phi) is 3.21. The van der Waals surface area contributed by atoms with Gasteiger partial charge in [0.25, 0.3) is 0 Å². The molecule has 2 aromatic rings. The Morgan fingerprint density at radius 3 is 2.86 bits per heavy atom. The van der Waals surface area contributed by atoms with Crippen LogP contribution < -0.4 is 10.1 Å². The molecule has 21 heavy (non-hydrogen) atoms. The van der Waals surface area contributed by atoms with Gasteiger partial charge in [0.2, 0.25) is 5.91 Å². The fourth-order valence-corrected chi connectivity index (χ4v) is 2.35. The molecule has 1 aromatic heterocycles. The minimum atomic E-state index is -0.520. The molecule has 0 spiro atoms. The Morgan fingerprint density at radius 2 is 2.14 bits per heavy atom. The molecule has 3 rings (SSSR count). The number of aryl methyl sites for hydroxylation is 3. The molecule has 0 fully saturated rings. The summed E-state index contributed by atoms with van der Waals surface area (Å²) in [4.78, 5) is 23.5. The monoisotopic (exact) mass is 286 g/mol. The van der Waals surface area contributed by atoms with Gasteiger partial charge in [0, 0.05) is 18.2 Å². The molecule has 0 bridgehead atoms. The second-order valence-corrected chi connectivity index (χ2v) is 4.96. The number of carbonyl (C=O) groups is 2. The van der Waals surface area contributed by atoms with E-state index in [0.29, 0.717) is 41.3 Å². The zero-order chi connectivity index (χ0) is 15.0. The summed E-state index contributed by atoms with van der Waals surface area (Å²) >= 11 is 0. The van der Waals surface area contributed by atoms with Gasteiger partial charge in [-0.3, -0.25) is 4.79 Å². The number of amides is 1. The highest BCUT2D eigenvalue weighted by molar-refractivity contribution is 5.95. The van der Waals surface area contributed by atoms with Crippen LogP contribution in [0, 0.1) is 13.8 Å². The predicted octanol–water partition coefficient (Wildman–Crippen LogP) is 2.40. The van der Waals surface area contributed by atoms with Crippen LogP contribution in [-0.2, 0) is 11.2 Å². The van der Waals surface area contributed by atoms with E-state index in [1.807, 2.05) is 6.07 Å². The van der Waals surface area contributed by atoms with Gasteiger partial charge >= 0.3 is 5.97 Å². The van der Waals surface area contributed by atoms with E-state index in [1.165, 1.54) is 0 Å². The third kappa shape index (κ3) is 2.52. The van der Waals surface area contributed by atoms with Crippen LogP contribution in [0.4, 0.5) is 5.69 Å². The van der Waals surface area contributed by atoms with Crippen molar-refractivity contribution in [1.82, 2.24) is 5.16 Å². The Hall–Kier alpha value is -2.63. The van der Waals surface area contributed by atoms with Crippen molar-refractivity contribution in [1.29, 1.82) is 0 Å². The number of anilines is 1. The van der Waals surface area contributed by atoms with Gasteiger partial charge in [0.1, 0.15) is 17.1 Å². The summed E-state index contributed by atoms with van der Waals surface area (Å²) in [7, 11) is 0. The van der Waals surface area contributed by atoms with Gasteiger partial charge in [-0.25, -0.2) is 4.79 Å². The summed E-state index contributed by atoms with van der Waals surface area (Å²) in [5.41, 5.74) is 2.54. The number of nitrogens with one attached hydrogen (secondary N) is 1. The summed E-state index contributed by atoms with van der Waals surface area (Å²) in [6.07, 6.45) is 1.17. The fourth-order valence-electron chi connectivity index (χ4n) is 2.35. The summed E-state index contributed by atoms with van der Waals surface area (Å²) in [6, 6.07) is 5.22. The first-order valence-corrected chi connectivity index (χ1v) is 6.62. The standard InChI is InChI=1S/C15H14N2O4/c1-8-14(9(2)21-17-8)15(19)20-11-5-3-10-4-6-13(18)16-12(10)7-11/h3,5,7H,4,6H2,1-2H3,(H,16,18). The highest BCUT2D eigenvalue weighted by Gasteiger charge is 2.21. The minimum absolute atomic E-state index is 0.0308. The summed E-state index contributed by atoms with van der Waals surface area (Å²) in [5, 5.41) is 6.50. The molecule has 6 nitrogen and oxygen atoms in total. The lowest BCUT2D eigenvalue weighted by Gasteiger charge is -2.17. The number of hydrogen-bond acceptors (Lipinski definition) is 5. The number of rotatable bonds is 2. The number of benzene rings is 1. The summed E-state index contributed by atoms with van der Waals surface area (Å²) in [5.74, 6) is 0.245. The van der Waals surface area contributed by atoms with Crippen LogP contribution in [0.25, 0.3) is 0 Å². The molecule has 108 valence electrons. The molecule has 1 aromatic carbocycles. The van der Waals surface area contributed by atoms with Crippen molar-refractivity contribution in [2.24, 2.45) is 0 Å². The molecule has 0 atom stereocenters. The summed E-state index contributed by atoms with van der Waals surface area (Å²) < 4.78 is 10.3. The smallest absolute Gasteiger partial charge is 0.349 e. The molecule has 1 amide bonds. The second-order valence-electron chi connectivity index (χ2n) is 4.96. The number of aromatic nitrogens is 1. The zero-order valence-electron chi connectivity index (χ0n) is 11.7. The third-order valence-corrected chi connectivity index (χ3v) is 3.42. The van der Waals surface area contributed by atoms with Crippen LogP contribution in [0.2, 0.25) is 0 Å². The zero-order valence-corrected chi connectivity index (χ0v) is 11.7. The Morgan fingerprint density at radius 1 is 1.33 bits per heavy atom. The van der Waals surface area contributed by atoms with Crippen LogP contribution >= 0.6 is 0 Å². The topological polar surface area (TPSA) is 81.4 Å². The van der Waals surface area contributed by atoms with Crippen molar-refractivity contribution in [3.63, 3.8) is 0 Å². The van der Waals surface area contributed by atoms with E-state index in [0.717, 1.165) is 5.56 Å². The molecule has 0 radical (unpaired) electrons. The van der Waals surface area contributed by atoms with Gasteiger partial charge in [-0.2, -0.15) is 0 Å². The van der Waals surface area contributed by atoms with Gasteiger partial charge in [0.15, 0.2) is 0 Å². The third-order valence-electron chi connectivity index (χ3n) is 3.42. The molecule has 0 unspecified atom stereocenters. The number of nitrogens with zero attached hydrogens (tertiary/aromatic N) is 1. The van der Waals surface area contributed by atoms with Gasteiger partial charge in [0.05, 0.1) is 5.69 Å². The molecule has 1 aliphatic rings. The van der Waals surface area contributed by atoms with Crippen molar-refractivity contribution >= 4 is 17.6 Å². The first-order chi connectivity index (χ1) is 10.0. The van der Waals surface area contributed by atoms with Crippen molar-refractivity contribution in [2.75, 3.05) is 5.32 Å². The van der Waals surface area contributed by atoms with E-state index < -0.39 is 5.97 Å². The maximum Gasteiger partial charge on any atom is 0.349 e. The number of hydrogen-bond donors (Lipinski definition) is 1. The maximum absolute atomic E-state index is 12.1. The van der Waals surface area contributed by atoms with Crippen molar-refractivity contribution in [2.45, 2.75) is 26.7 Å². The van der Waals surface area contributed by atoms with E-state index >= 15 is 0 Å². The van der Waals surface area contributed by atoms with Gasteiger partial charge in [-0.1, -0.05) is 11.2 Å². The van der Waals surface area contributed by atoms with Gasteiger partial charge < -0.3 is 14.6 Å². The first-order valence-electron chi connectivity index (χ1n) is 6.62. The fraction of sp³-hybridized carbons (Fsp3) is 0.267. The van der Waals surface area contributed by atoms with Crippen LogP contribution in [0.3, 0.4) is 0 Å². The highest BCUT2D eigenvalue weighted by atomic mass is 16.5. The van der Waals surface area contributed by atoms with E-state index in [2.05, 4.69) is 10.5 Å². The number of carbonyl (C=O) groups excluding carboxylic acids is 2. The van der Waals surface area contributed by atoms with Gasteiger partial charge in [-0.05, 0) is 31.9 Å². The van der Waals surface area contributed by atoms with Crippen molar-refractivity contribution in [3.8, 4) is 5.75 Å². The first kappa shape index (κ1) is 13.4. The van der Waals surface area contributed by atoms with Crippen LogP contribution in [0.5, 0.6) is 5.75 Å². The molecule has 2 heterocycles. The number of fused-ring (bicyclic) bond motifs is 1. The lowest BCUT2D eigenvalue weighted by atomic mass is 10.0. The second kappa shape index (κ2) is 5.05. The van der Waals surface area contributed by atoms with E-state index in [-0.39, 0.29) is 5.91 Å². The molecular weight excluding hydrogens is 272 g/mol.